The maximum atomic E-state index is 5.96. The first-order chi connectivity index (χ1) is 5.29. The third-order valence-corrected chi connectivity index (χ3v) is 1.95. The molecule has 0 aliphatic rings. The van der Waals surface area contributed by atoms with Crippen LogP contribution in [-0.2, 0) is 13.1 Å². The van der Waals surface area contributed by atoms with E-state index in [9.17, 15) is 0 Å². The highest BCUT2D eigenvalue weighted by Gasteiger charge is 2.04. The van der Waals surface area contributed by atoms with E-state index in [-0.39, 0.29) is 0 Å². The van der Waals surface area contributed by atoms with Gasteiger partial charge in [0.1, 0.15) is 5.15 Å². The van der Waals surface area contributed by atoms with Crippen molar-refractivity contribution in [2.45, 2.75) is 20.0 Å². The Morgan fingerprint density at radius 3 is 2.91 bits per heavy atom. The van der Waals surface area contributed by atoms with E-state index in [1.54, 1.807) is 10.9 Å². The van der Waals surface area contributed by atoms with E-state index in [0.717, 1.165) is 23.8 Å². The van der Waals surface area contributed by atoms with Gasteiger partial charge in [0, 0.05) is 18.7 Å². The summed E-state index contributed by atoms with van der Waals surface area (Å²) in [7, 11) is 1.89. The van der Waals surface area contributed by atoms with Gasteiger partial charge in [0.15, 0.2) is 0 Å². The third-order valence-electron chi connectivity index (χ3n) is 1.51. The van der Waals surface area contributed by atoms with Crippen molar-refractivity contribution in [3.05, 3.63) is 16.9 Å². The van der Waals surface area contributed by atoms with Gasteiger partial charge < -0.3 is 5.32 Å². The van der Waals surface area contributed by atoms with Gasteiger partial charge in [-0.1, -0.05) is 11.6 Å². The Labute approximate surface area is 71.4 Å². The minimum absolute atomic E-state index is 0.738. The predicted molar refractivity (Wildman–Crippen MR) is 45.7 cm³/mol. The van der Waals surface area contributed by atoms with Crippen molar-refractivity contribution in [3.8, 4) is 0 Å². The Morgan fingerprint density at radius 2 is 2.45 bits per heavy atom. The number of hydrogen-bond donors (Lipinski definition) is 1. The minimum Gasteiger partial charge on any atom is -0.316 e. The molecule has 0 radical (unpaired) electrons. The molecule has 1 rings (SSSR count). The van der Waals surface area contributed by atoms with Gasteiger partial charge in [-0.15, -0.1) is 0 Å². The van der Waals surface area contributed by atoms with E-state index in [0.29, 0.717) is 0 Å². The molecule has 0 bridgehead atoms. The summed E-state index contributed by atoms with van der Waals surface area (Å²) in [4.78, 5) is 0. The van der Waals surface area contributed by atoms with Crippen LogP contribution in [0.4, 0.5) is 0 Å². The van der Waals surface area contributed by atoms with Crippen LogP contribution in [0.3, 0.4) is 0 Å². The van der Waals surface area contributed by atoms with Gasteiger partial charge in [-0.2, -0.15) is 5.10 Å². The van der Waals surface area contributed by atoms with Crippen LogP contribution >= 0.6 is 11.6 Å². The maximum Gasteiger partial charge on any atom is 0.131 e. The van der Waals surface area contributed by atoms with Crippen LogP contribution in [0.2, 0.25) is 5.15 Å². The van der Waals surface area contributed by atoms with Crippen LogP contribution in [0.5, 0.6) is 0 Å². The lowest BCUT2D eigenvalue weighted by Gasteiger charge is -1.98. The Kier molecular flexibility index (Phi) is 2.91. The highest BCUT2D eigenvalue weighted by atomic mass is 35.5. The summed E-state index contributed by atoms with van der Waals surface area (Å²) in [5.41, 5.74) is 1.05. The molecule has 0 spiro atoms. The molecule has 62 valence electrons. The number of aryl methyl sites for hydroxylation is 1. The van der Waals surface area contributed by atoms with Crippen LogP contribution in [-0.4, -0.2) is 16.8 Å². The molecule has 0 saturated heterocycles. The summed E-state index contributed by atoms with van der Waals surface area (Å²) in [6.07, 6.45) is 1.79. The SMILES string of the molecule is CCn1ncc(CNC)c1Cl. The Balaban J connectivity index is 2.82. The molecule has 0 unspecified atom stereocenters. The van der Waals surface area contributed by atoms with E-state index >= 15 is 0 Å². The molecular weight excluding hydrogens is 162 g/mol. The highest BCUT2D eigenvalue weighted by Crippen LogP contribution is 2.14. The fraction of sp³-hybridized carbons (Fsp3) is 0.571. The van der Waals surface area contributed by atoms with Crippen molar-refractivity contribution in [2.75, 3.05) is 7.05 Å². The number of nitrogens with zero attached hydrogens (tertiary/aromatic N) is 2. The largest absolute Gasteiger partial charge is 0.316 e. The molecule has 0 saturated carbocycles. The number of rotatable bonds is 3. The number of halogens is 1. The molecule has 0 aromatic carbocycles. The average Bonchev–Trinajstić information content (AvgIpc) is 2.34. The molecule has 0 atom stereocenters. The number of hydrogen-bond acceptors (Lipinski definition) is 2. The van der Waals surface area contributed by atoms with Gasteiger partial charge in [0.25, 0.3) is 0 Å². The fourth-order valence-electron chi connectivity index (χ4n) is 0.939. The first-order valence-electron chi connectivity index (χ1n) is 3.64. The molecule has 1 N–H and O–H groups in total. The van der Waals surface area contributed by atoms with E-state index in [2.05, 4.69) is 10.4 Å². The van der Waals surface area contributed by atoms with Gasteiger partial charge in [0.05, 0.1) is 6.20 Å². The Morgan fingerprint density at radius 1 is 1.73 bits per heavy atom. The van der Waals surface area contributed by atoms with Crippen molar-refractivity contribution >= 4 is 11.6 Å². The molecule has 1 aromatic rings. The lowest BCUT2D eigenvalue weighted by Crippen LogP contribution is -2.05. The molecule has 1 heterocycles. The molecule has 4 heteroatoms. The zero-order valence-electron chi connectivity index (χ0n) is 6.76. The van der Waals surface area contributed by atoms with Gasteiger partial charge in [0.2, 0.25) is 0 Å². The van der Waals surface area contributed by atoms with Crippen molar-refractivity contribution in [3.63, 3.8) is 0 Å². The van der Waals surface area contributed by atoms with Crippen LogP contribution < -0.4 is 5.32 Å². The van der Waals surface area contributed by atoms with Crippen molar-refractivity contribution in [1.82, 2.24) is 15.1 Å². The lowest BCUT2D eigenvalue weighted by molar-refractivity contribution is 0.659. The van der Waals surface area contributed by atoms with E-state index < -0.39 is 0 Å². The molecule has 3 nitrogen and oxygen atoms in total. The van der Waals surface area contributed by atoms with Crippen molar-refractivity contribution in [1.29, 1.82) is 0 Å². The second kappa shape index (κ2) is 3.74. The number of aromatic nitrogens is 2. The topological polar surface area (TPSA) is 29.9 Å². The highest BCUT2D eigenvalue weighted by molar-refractivity contribution is 6.30. The Bertz CT molecular complexity index is 232. The van der Waals surface area contributed by atoms with Crippen molar-refractivity contribution < 1.29 is 0 Å². The van der Waals surface area contributed by atoms with Gasteiger partial charge in [-0.3, -0.25) is 4.68 Å². The van der Waals surface area contributed by atoms with Crippen LogP contribution in [0.1, 0.15) is 12.5 Å². The summed E-state index contributed by atoms with van der Waals surface area (Å²) < 4.78 is 1.77. The van der Waals surface area contributed by atoms with Gasteiger partial charge in [-0.25, -0.2) is 0 Å². The van der Waals surface area contributed by atoms with Gasteiger partial charge >= 0.3 is 0 Å². The molecule has 0 aliphatic carbocycles. The van der Waals surface area contributed by atoms with Crippen LogP contribution in [0.15, 0.2) is 6.20 Å². The second-order valence-electron chi connectivity index (χ2n) is 2.31. The lowest BCUT2D eigenvalue weighted by atomic mass is 10.4. The normalized spacial score (nSPS) is 10.5. The summed E-state index contributed by atoms with van der Waals surface area (Å²) in [5.74, 6) is 0. The summed E-state index contributed by atoms with van der Waals surface area (Å²) in [6, 6.07) is 0. The third kappa shape index (κ3) is 1.73. The zero-order valence-corrected chi connectivity index (χ0v) is 7.52. The Hall–Kier alpha value is -0.540. The van der Waals surface area contributed by atoms with Crippen molar-refractivity contribution in [2.24, 2.45) is 0 Å². The monoisotopic (exact) mass is 173 g/mol. The summed E-state index contributed by atoms with van der Waals surface area (Å²) in [6.45, 7) is 3.61. The first-order valence-corrected chi connectivity index (χ1v) is 4.02. The molecule has 11 heavy (non-hydrogen) atoms. The standard InChI is InChI=1S/C7H12ClN3/c1-3-11-7(8)6(4-9-2)5-10-11/h5,9H,3-4H2,1-2H3. The quantitative estimate of drug-likeness (QED) is 0.747. The molecule has 0 aliphatic heterocycles. The average molecular weight is 174 g/mol. The zero-order chi connectivity index (χ0) is 8.27. The van der Waals surface area contributed by atoms with Crippen LogP contribution in [0.25, 0.3) is 0 Å². The van der Waals surface area contributed by atoms with E-state index in [4.69, 9.17) is 11.6 Å². The first kappa shape index (κ1) is 8.56. The smallest absolute Gasteiger partial charge is 0.131 e. The molecular formula is C7H12ClN3. The maximum absolute atomic E-state index is 5.96. The molecule has 0 fully saturated rings. The summed E-state index contributed by atoms with van der Waals surface area (Å²) in [5, 5.41) is 7.86. The minimum atomic E-state index is 0.738. The molecule has 0 amide bonds. The van der Waals surface area contributed by atoms with E-state index in [1.807, 2.05) is 14.0 Å². The molecule has 1 aromatic heterocycles. The second-order valence-corrected chi connectivity index (χ2v) is 2.66. The van der Waals surface area contributed by atoms with Gasteiger partial charge in [-0.05, 0) is 14.0 Å². The van der Waals surface area contributed by atoms with Crippen LogP contribution in [0, 0.1) is 0 Å². The van der Waals surface area contributed by atoms with E-state index in [1.165, 1.54) is 0 Å². The predicted octanol–water partition coefficient (Wildman–Crippen LogP) is 1.28. The summed E-state index contributed by atoms with van der Waals surface area (Å²) >= 11 is 5.96. The number of nitrogens with one attached hydrogen (secondary N) is 1. The fourth-order valence-corrected chi connectivity index (χ4v) is 1.22.